The van der Waals surface area contributed by atoms with Gasteiger partial charge in [0.05, 0.1) is 34.8 Å². The van der Waals surface area contributed by atoms with Gasteiger partial charge in [0.1, 0.15) is 11.2 Å². The second kappa shape index (κ2) is 14.1. The van der Waals surface area contributed by atoms with Crippen LogP contribution >= 0.6 is 0 Å². The molecule has 8 rings (SSSR count). The lowest BCUT2D eigenvalue weighted by atomic mass is 9.73. The third-order valence-electron chi connectivity index (χ3n) is 12.0. The van der Waals surface area contributed by atoms with Crippen LogP contribution in [0.25, 0.3) is 22.3 Å². The van der Waals surface area contributed by atoms with Crippen LogP contribution in [0.4, 0.5) is 21.6 Å². The number of hydrogen-bond acceptors (Lipinski definition) is 8. The Kier molecular flexibility index (Phi) is 9.40. The Labute approximate surface area is 315 Å². The predicted octanol–water partition coefficient (Wildman–Crippen LogP) is 6.34. The van der Waals surface area contributed by atoms with Crippen LogP contribution in [0.15, 0.2) is 42.9 Å². The summed E-state index contributed by atoms with van der Waals surface area (Å²) in [5, 5.41) is 6.00. The van der Waals surface area contributed by atoms with Crippen molar-refractivity contribution in [3.63, 3.8) is 0 Å². The zero-order valence-electron chi connectivity index (χ0n) is 31.9. The van der Waals surface area contributed by atoms with E-state index in [2.05, 4.69) is 37.6 Å². The minimum Gasteiger partial charge on any atom is -0.349 e. The molecule has 0 radical (unpaired) electrons. The van der Waals surface area contributed by atoms with Gasteiger partial charge >= 0.3 is 0 Å². The van der Waals surface area contributed by atoms with Gasteiger partial charge in [-0.25, -0.2) is 19.3 Å². The van der Waals surface area contributed by atoms with E-state index >= 15 is 4.39 Å². The molecule has 4 aliphatic rings. The van der Waals surface area contributed by atoms with Gasteiger partial charge in [0, 0.05) is 55.4 Å². The topological polar surface area (TPSA) is 129 Å². The van der Waals surface area contributed by atoms with E-state index in [9.17, 15) is 14.4 Å². The molecule has 1 aromatic carbocycles. The summed E-state index contributed by atoms with van der Waals surface area (Å²) in [6.07, 6.45) is 9.64. The number of likely N-dealkylation sites (tertiary alicyclic amines) is 2. The number of fused-ring (bicyclic) bond motifs is 3. The first kappa shape index (κ1) is 36.1. The first-order valence-corrected chi connectivity index (χ1v) is 19.5. The molecule has 3 fully saturated rings. The number of carbonyl (C=O) groups excluding carboxylic acids is 3. The molecule has 3 aromatic heterocycles. The van der Waals surface area contributed by atoms with E-state index in [1.807, 2.05) is 49.3 Å². The SMILES string of the molecule is CC(=O)N1CCC2(CC1)C(=O)N(C1CC(N3CCCCC3)C1)c1cc(-c3cc4ncn(C(C)C)c4c(Nc4cc(C(=O)NC(C)C)ncc4F)n3)ccc12. The Morgan fingerprint density at radius 3 is 2.37 bits per heavy atom. The van der Waals surface area contributed by atoms with E-state index < -0.39 is 17.1 Å². The molecule has 2 N–H and O–H groups in total. The fraction of sp³-hybridized carbons (Fsp3) is 0.512. The van der Waals surface area contributed by atoms with Crippen LogP contribution in [-0.4, -0.2) is 91.3 Å². The summed E-state index contributed by atoms with van der Waals surface area (Å²) in [6, 6.07) is 10.1. The van der Waals surface area contributed by atoms with Crippen LogP contribution in [0.2, 0.25) is 0 Å². The number of pyridine rings is 2. The molecule has 1 spiro atoms. The molecule has 12 nitrogen and oxygen atoms in total. The van der Waals surface area contributed by atoms with Crippen LogP contribution < -0.4 is 15.5 Å². The van der Waals surface area contributed by atoms with Gasteiger partial charge in [-0.15, -0.1) is 0 Å². The summed E-state index contributed by atoms with van der Waals surface area (Å²) in [5.74, 6) is -0.449. The standard InChI is InChI=1S/C41H50FN9O3/c1-24(2)45-39(53)35-21-33(31(42)22-43-35)47-38-37-34(44-23-50(37)25(3)4)20-32(46-38)27-9-10-30-36(17-27)51(29-18-28(19-29)49-13-7-6-8-14-49)40(54)41(30)11-15-48(16-12-41)26(5)52/h9-10,17,20-25,28-29H,6-8,11-16,18-19H2,1-5H3,(H,45,53)(H,43,46,47). The maximum Gasteiger partial charge on any atom is 0.270 e. The van der Waals surface area contributed by atoms with Crippen molar-refractivity contribution in [2.24, 2.45) is 0 Å². The van der Waals surface area contributed by atoms with Crippen molar-refractivity contribution < 1.29 is 18.8 Å². The van der Waals surface area contributed by atoms with Crippen molar-refractivity contribution in [3.05, 3.63) is 59.9 Å². The quantitative estimate of drug-likeness (QED) is 0.215. The second-order valence-corrected chi connectivity index (χ2v) is 16.1. The lowest BCUT2D eigenvalue weighted by Gasteiger charge is -2.48. The van der Waals surface area contributed by atoms with Crippen LogP contribution in [0.1, 0.15) is 102 Å². The zero-order valence-corrected chi connectivity index (χ0v) is 31.9. The number of carbonyl (C=O) groups is 3. The molecule has 0 atom stereocenters. The van der Waals surface area contributed by atoms with Crippen molar-refractivity contribution in [3.8, 4) is 11.3 Å². The first-order chi connectivity index (χ1) is 25.9. The monoisotopic (exact) mass is 735 g/mol. The highest BCUT2D eigenvalue weighted by Gasteiger charge is 2.55. The molecule has 1 aliphatic carbocycles. The molecule has 3 aliphatic heterocycles. The Hall–Kier alpha value is -4.91. The third-order valence-corrected chi connectivity index (χ3v) is 12.0. The first-order valence-electron chi connectivity index (χ1n) is 19.5. The summed E-state index contributed by atoms with van der Waals surface area (Å²) in [5.41, 5.74) is 4.23. The number of rotatable bonds is 8. The third kappa shape index (κ3) is 6.29. The molecule has 0 bridgehead atoms. The molecular formula is C41H50FN9O3. The van der Waals surface area contributed by atoms with Gasteiger partial charge in [-0.1, -0.05) is 18.6 Å². The van der Waals surface area contributed by atoms with E-state index in [1.54, 1.807) is 13.3 Å². The van der Waals surface area contributed by atoms with Crippen molar-refractivity contribution in [2.45, 2.75) is 109 Å². The van der Waals surface area contributed by atoms with Crippen molar-refractivity contribution >= 4 is 45.9 Å². The Balaban J connectivity index is 1.18. The molecule has 4 aromatic rings. The fourth-order valence-corrected chi connectivity index (χ4v) is 8.96. The normalized spacial score (nSPS) is 21.2. The predicted molar refractivity (Wildman–Crippen MR) is 206 cm³/mol. The average molecular weight is 736 g/mol. The summed E-state index contributed by atoms with van der Waals surface area (Å²) in [7, 11) is 0. The minimum atomic E-state index is -0.672. The Morgan fingerprint density at radius 2 is 1.69 bits per heavy atom. The second-order valence-electron chi connectivity index (χ2n) is 16.1. The van der Waals surface area contributed by atoms with Gasteiger partial charge in [-0.05, 0) is 103 Å². The lowest BCUT2D eigenvalue weighted by Crippen LogP contribution is -2.58. The molecule has 6 heterocycles. The van der Waals surface area contributed by atoms with Crippen LogP contribution in [0, 0.1) is 5.82 Å². The van der Waals surface area contributed by atoms with E-state index in [4.69, 9.17) is 9.97 Å². The van der Waals surface area contributed by atoms with Crippen molar-refractivity contribution in [2.75, 3.05) is 36.4 Å². The molecule has 54 heavy (non-hydrogen) atoms. The smallest absolute Gasteiger partial charge is 0.270 e. The number of halogens is 1. The largest absolute Gasteiger partial charge is 0.349 e. The molecule has 13 heteroatoms. The van der Waals surface area contributed by atoms with Gasteiger partial charge in [0.25, 0.3) is 5.91 Å². The van der Waals surface area contributed by atoms with E-state index in [0.717, 1.165) is 48.9 Å². The molecule has 3 amide bonds. The highest BCUT2D eigenvalue weighted by Crippen LogP contribution is 2.52. The summed E-state index contributed by atoms with van der Waals surface area (Å²) in [6.45, 7) is 12.7. The molecule has 0 unspecified atom stereocenters. The number of nitrogens with zero attached hydrogens (tertiary/aromatic N) is 7. The van der Waals surface area contributed by atoms with Gasteiger partial charge in [-0.3, -0.25) is 14.4 Å². The molecular weight excluding hydrogens is 686 g/mol. The van der Waals surface area contributed by atoms with Gasteiger partial charge < -0.3 is 29.9 Å². The van der Waals surface area contributed by atoms with E-state index in [-0.39, 0.29) is 41.3 Å². The van der Waals surface area contributed by atoms with Gasteiger partial charge in [-0.2, -0.15) is 0 Å². The van der Waals surface area contributed by atoms with Crippen LogP contribution in [0.3, 0.4) is 0 Å². The van der Waals surface area contributed by atoms with Gasteiger partial charge in [0.2, 0.25) is 11.8 Å². The number of nitrogens with one attached hydrogen (secondary N) is 2. The fourth-order valence-electron chi connectivity index (χ4n) is 8.96. The minimum absolute atomic E-state index is 0.0403. The number of aromatic nitrogens is 4. The number of hydrogen-bond donors (Lipinski definition) is 2. The number of piperidine rings is 2. The van der Waals surface area contributed by atoms with Crippen LogP contribution in [0.5, 0.6) is 0 Å². The Bertz CT molecular complexity index is 2110. The van der Waals surface area contributed by atoms with Crippen molar-refractivity contribution in [1.29, 1.82) is 0 Å². The van der Waals surface area contributed by atoms with E-state index in [1.165, 1.54) is 25.3 Å². The van der Waals surface area contributed by atoms with Crippen LogP contribution in [-0.2, 0) is 15.0 Å². The number of benzene rings is 1. The molecule has 2 saturated heterocycles. The number of amides is 3. The summed E-state index contributed by atoms with van der Waals surface area (Å²) >= 11 is 0. The summed E-state index contributed by atoms with van der Waals surface area (Å²) < 4.78 is 17.3. The lowest BCUT2D eigenvalue weighted by molar-refractivity contribution is -0.134. The molecule has 1 saturated carbocycles. The Morgan fingerprint density at radius 1 is 0.944 bits per heavy atom. The number of imidazole rings is 1. The maximum atomic E-state index is 15.4. The van der Waals surface area contributed by atoms with E-state index in [0.29, 0.717) is 54.5 Å². The highest BCUT2D eigenvalue weighted by atomic mass is 19.1. The average Bonchev–Trinajstić information content (AvgIpc) is 3.67. The maximum absolute atomic E-state index is 15.4. The van der Waals surface area contributed by atoms with Crippen molar-refractivity contribution in [1.82, 2.24) is 34.6 Å². The highest BCUT2D eigenvalue weighted by molar-refractivity contribution is 6.09. The number of anilines is 3. The molecule has 284 valence electrons. The van der Waals surface area contributed by atoms with Gasteiger partial charge in [0.15, 0.2) is 11.6 Å². The summed E-state index contributed by atoms with van der Waals surface area (Å²) in [4.78, 5) is 60.2. The zero-order chi connectivity index (χ0) is 37.9.